The normalized spacial score (nSPS) is 22.1. The number of aromatic nitrogens is 1. The van der Waals surface area contributed by atoms with Crippen LogP contribution >= 0.6 is 15.9 Å². The van der Waals surface area contributed by atoms with Gasteiger partial charge in [0.15, 0.2) is 0 Å². The molecule has 0 saturated heterocycles. The van der Waals surface area contributed by atoms with Crippen molar-refractivity contribution in [3.05, 3.63) is 63.4 Å². The summed E-state index contributed by atoms with van der Waals surface area (Å²) in [5.41, 5.74) is 3.86. The minimum absolute atomic E-state index is 0.669. The zero-order chi connectivity index (χ0) is 13.5. The maximum atomic E-state index is 11.0. The monoisotopic (exact) mass is 317 g/mol. The van der Waals surface area contributed by atoms with Gasteiger partial charge in [-0.05, 0) is 54.7 Å². The molecule has 98 valence electrons. The molecule has 19 heavy (non-hydrogen) atoms. The Hall–Kier alpha value is -1.19. The summed E-state index contributed by atoms with van der Waals surface area (Å²) in [6.07, 6.45) is 5.90. The molecule has 0 saturated carbocycles. The minimum Gasteiger partial charge on any atom is -0.385 e. The Labute approximate surface area is 121 Å². The van der Waals surface area contributed by atoms with Crippen LogP contribution in [0.1, 0.15) is 28.7 Å². The molecule has 0 fully saturated rings. The molecule has 1 aromatic heterocycles. The van der Waals surface area contributed by atoms with Gasteiger partial charge in [0.2, 0.25) is 0 Å². The number of nitrogens with zero attached hydrogens (tertiary/aromatic N) is 1. The van der Waals surface area contributed by atoms with Crippen LogP contribution in [0, 0.1) is 6.92 Å². The molecular weight excluding hydrogens is 302 g/mol. The summed E-state index contributed by atoms with van der Waals surface area (Å²) in [4.78, 5) is 4.17. The lowest BCUT2D eigenvalue weighted by molar-refractivity contribution is 0.0213. The van der Waals surface area contributed by atoms with Crippen molar-refractivity contribution in [2.24, 2.45) is 0 Å². The number of benzene rings is 1. The van der Waals surface area contributed by atoms with Gasteiger partial charge in [0.1, 0.15) is 0 Å². The Balaban J connectivity index is 2.01. The number of aliphatic hydroxyl groups is 1. The summed E-state index contributed by atoms with van der Waals surface area (Å²) in [7, 11) is 0. The Morgan fingerprint density at radius 2 is 2.11 bits per heavy atom. The van der Waals surface area contributed by atoms with Crippen molar-refractivity contribution in [2.75, 3.05) is 0 Å². The summed E-state index contributed by atoms with van der Waals surface area (Å²) in [5.74, 6) is 0. The molecule has 0 aliphatic heterocycles. The fourth-order valence-electron chi connectivity index (χ4n) is 2.93. The minimum atomic E-state index is -0.779. The molecule has 1 aliphatic carbocycles. The largest absolute Gasteiger partial charge is 0.385 e. The number of aryl methyl sites for hydroxylation is 2. The van der Waals surface area contributed by atoms with Gasteiger partial charge in [-0.15, -0.1) is 0 Å². The van der Waals surface area contributed by atoms with Crippen LogP contribution in [0.15, 0.2) is 41.1 Å². The average molecular weight is 318 g/mol. The number of pyridine rings is 1. The van der Waals surface area contributed by atoms with Crippen LogP contribution in [0.25, 0.3) is 0 Å². The van der Waals surface area contributed by atoms with Crippen LogP contribution in [0.3, 0.4) is 0 Å². The second kappa shape index (κ2) is 4.73. The highest BCUT2D eigenvalue weighted by atomic mass is 79.9. The van der Waals surface area contributed by atoms with Crippen LogP contribution < -0.4 is 0 Å². The van der Waals surface area contributed by atoms with Gasteiger partial charge >= 0.3 is 0 Å². The third-order valence-corrected chi connectivity index (χ3v) is 4.49. The lowest BCUT2D eigenvalue weighted by atomic mass is 9.76. The molecule has 0 spiro atoms. The van der Waals surface area contributed by atoms with E-state index in [4.69, 9.17) is 0 Å². The van der Waals surface area contributed by atoms with E-state index < -0.39 is 5.60 Å². The first-order valence-electron chi connectivity index (χ1n) is 6.49. The highest BCUT2D eigenvalue weighted by Gasteiger charge is 2.35. The molecule has 2 nitrogen and oxygen atoms in total. The predicted molar refractivity (Wildman–Crippen MR) is 79.0 cm³/mol. The van der Waals surface area contributed by atoms with E-state index in [2.05, 4.69) is 33.0 Å². The highest BCUT2D eigenvalue weighted by Crippen LogP contribution is 2.38. The SMILES string of the molecule is Cc1ccncc1C1(O)CCc2cc(Br)ccc2C1. The maximum Gasteiger partial charge on any atom is 0.0957 e. The third kappa shape index (κ3) is 2.33. The van der Waals surface area contributed by atoms with Crippen LogP contribution in [0.2, 0.25) is 0 Å². The van der Waals surface area contributed by atoms with Gasteiger partial charge in [0, 0.05) is 28.9 Å². The molecule has 0 radical (unpaired) electrons. The molecule has 2 aromatic rings. The van der Waals surface area contributed by atoms with E-state index in [0.717, 1.165) is 28.4 Å². The molecule has 1 atom stereocenters. The molecule has 1 heterocycles. The second-order valence-electron chi connectivity index (χ2n) is 5.31. The number of halogens is 1. The fourth-order valence-corrected chi connectivity index (χ4v) is 3.33. The van der Waals surface area contributed by atoms with Gasteiger partial charge in [-0.2, -0.15) is 0 Å². The molecule has 0 amide bonds. The van der Waals surface area contributed by atoms with E-state index in [-0.39, 0.29) is 0 Å². The second-order valence-corrected chi connectivity index (χ2v) is 6.23. The first-order valence-corrected chi connectivity index (χ1v) is 7.28. The molecule has 3 heteroatoms. The van der Waals surface area contributed by atoms with Crippen molar-refractivity contribution in [3.8, 4) is 0 Å². The molecule has 1 aromatic carbocycles. The standard InChI is InChI=1S/C16H16BrNO/c1-11-5-7-18-10-15(11)16(19)6-4-12-8-14(17)3-2-13(12)9-16/h2-3,5,7-8,10,19H,4,6,9H2,1H3. The van der Waals surface area contributed by atoms with Crippen molar-refractivity contribution < 1.29 is 5.11 Å². The van der Waals surface area contributed by atoms with Gasteiger partial charge in [0.05, 0.1) is 5.60 Å². The first kappa shape index (κ1) is 12.8. The fraction of sp³-hybridized carbons (Fsp3) is 0.312. The summed E-state index contributed by atoms with van der Waals surface area (Å²) in [6.45, 7) is 2.03. The Morgan fingerprint density at radius 3 is 2.89 bits per heavy atom. The molecular formula is C16H16BrNO. The number of hydrogen-bond donors (Lipinski definition) is 1. The number of hydrogen-bond acceptors (Lipinski definition) is 2. The van der Waals surface area contributed by atoms with Gasteiger partial charge in [0.25, 0.3) is 0 Å². The van der Waals surface area contributed by atoms with Crippen molar-refractivity contribution in [1.82, 2.24) is 4.98 Å². The zero-order valence-electron chi connectivity index (χ0n) is 10.9. The third-order valence-electron chi connectivity index (χ3n) is 4.00. The van der Waals surface area contributed by atoms with Crippen LogP contribution in [0.4, 0.5) is 0 Å². The topological polar surface area (TPSA) is 33.1 Å². The molecule has 1 N–H and O–H groups in total. The van der Waals surface area contributed by atoms with Gasteiger partial charge < -0.3 is 5.11 Å². The average Bonchev–Trinajstić information content (AvgIpc) is 2.40. The van der Waals surface area contributed by atoms with E-state index in [1.54, 1.807) is 12.4 Å². The quantitative estimate of drug-likeness (QED) is 0.872. The molecule has 1 aliphatic rings. The zero-order valence-corrected chi connectivity index (χ0v) is 12.4. The Kier molecular flexibility index (Phi) is 3.19. The van der Waals surface area contributed by atoms with Crippen molar-refractivity contribution >= 4 is 15.9 Å². The van der Waals surface area contributed by atoms with Crippen LogP contribution in [-0.4, -0.2) is 10.1 Å². The number of rotatable bonds is 1. The van der Waals surface area contributed by atoms with E-state index in [9.17, 15) is 5.11 Å². The predicted octanol–water partition coefficient (Wildman–Crippen LogP) is 3.53. The smallest absolute Gasteiger partial charge is 0.0957 e. The van der Waals surface area contributed by atoms with Gasteiger partial charge in [-0.1, -0.05) is 22.0 Å². The van der Waals surface area contributed by atoms with Gasteiger partial charge in [-0.25, -0.2) is 0 Å². The van der Waals surface area contributed by atoms with E-state index in [1.165, 1.54) is 11.1 Å². The molecule has 1 unspecified atom stereocenters. The summed E-state index contributed by atoms with van der Waals surface area (Å²) < 4.78 is 1.11. The highest BCUT2D eigenvalue weighted by molar-refractivity contribution is 9.10. The van der Waals surface area contributed by atoms with Crippen LogP contribution in [-0.2, 0) is 18.4 Å². The van der Waals surface area contributed by atoms with Crippen molar-refractivity contribution in [2.45, 2.75) is 31.8 Å². The van der Waals surface area contributed by atoms with Crippen molar-refractivity contribution in [1.29, 1.82) is 0 Å². The first-order chi connectivity index (χ1) is 9.08. The molecule has 0 bridgehead atoms. The van der Waals surface area contributed by atoms with E-state index >= 15 is 0 Å². The summed E-state index contributed by atoms with van der Waals surface area (Å²) in [6, 6.07) is 8.27. The van der Waals surface area contributed by atoms with E-state index in [1.807, 2.05) is 19.1 Å². The molecule has 3 rings (SSSR count). The van der Waals surface area contributed by atoms with E-state index in [0.29, 0.717) is 6.42 Å². The summed E-state index contributed by atoms with van der Waals surface area (Å²) >= 11 is 3.50. The summed E-state index contributed by atoms with van der Waals surface area (Å²) in [5, 5.41) is 11.0. The number of fused-ring (bicyclic) bond motifs is 1. The Bertz CT molecular complexity index is 626. The maximum absolute atomic E-state index is 11.0. The lowest BCUT2D eigenvalue weighted by Gasteiger charge is -2.34. The van der Waals surface area contributed by atoms with Gasteiger partial charge in [-0.3, -0.25) is 4.98 Å². The lowest BCUT2D eigenvalue weighted by Crippen LogP contribution is -2.34. The van der Waals surface area contributed by atoms with Crippen molar-refractivity contribution in [3.63, 3.8) is 0 Å². The Morgan fingerprint density at radius 1 is 1.26 bits per heavy atom. The van der Waals surface area contributed by atoms with Crippen LogP contribution in [0.5, 0.6) is 0 Å².